The van der Waals surface area contributed by atoms with Crippen LogP contribution in [0.2, 0.25) is 0 Å². The summed E-state index contributed by atoms with van der Waals surface area (Å²) in [6, 6.07) is 5.53. The standard InChI is InChI=1S/C10H13N3O/c14-8-9-2-1-3-10(12-9)13-6-4-11-5-7-13/h1-3,8,11H,4-7H2. The molecule has 1 aliphatic rings. The van der Waals surface area contributed by atoms with Crippen LogP contribution in [-0.4, -0.2) is 37.4 Å². The molecule has 1 aromatic rings. The third kappa shape index (κ3) is 1.90. The molecule has 0 saturated carbocycles. The van der Waals surface area contributed by atoms with Crippen LogP contribution in [0.1, 0.15) is 10.5 Å². The van der Waals surface area contributed by atoms with Crippen molar-refractivity contribution < 1.29 is 4.79 Å². The Bertz CT molecular complexity index is 321. The Hall–Kier alpha value is -1.42. The summed E-state index contributed by atoms with van der Waals surface area (Å²) in [4.78, 5) is 17.0. The molecule has 2 heterocycles. The Morgan fingerprint density at radius 3 is 2.86 bits per heavy atom. The average Bonchev–Trinajstić information content (AvgIpc) is 2.30. The second kappa shape index (κ2) is 4.19. The van der Waals surface area contributed by atoms with E-state index >= 15 is 0 Å². The zero-order valence-corrected chi connectivity index (χ0v) is 7.94. The number of carbonyl (C=O) groups excluding carboxylic acids is 1. The predicted molar refractivity (Wildman–Crippen MR) is 54.7 cm³/mol. The van der Waals surface area contributed by atoms with Gasteiger partial charge in [-0.3, -0.25) is 4.79 Å². The minimum Gasteiger partial charge on any atom is -0.354 e. The van der Waals surface area contributed by atoms with Crippen LogP contribution in [0.15, 0.2) is 18.2 Å². The smallest absolute Gasteiger partial charge is 0.168 e. The van der Waals surface area contributed by atoms with Crippen molar-refractivity contribution in [1.29, 1.82) is 0 Å². The Morgan fingerprint density at radius 1 is 1.36 bits per heavy atom. The zero-order valence-electron chi connectivity index (χ0n) is 7.94. The third-order valence-electron chi connectivity index (χ3n) is 2.32. The summed E-state index contributed by atoms with van der Waals surface area (Å²) in [5.41, 5.74) is 0.501. The molecule has 1 aromatic heterocycles. The maximum Gasteiger partial charge on any atom is 0.168 e. The maximum absolute atomic E-state index is 10.5. The lowest BCUT2D eigenvalue weighted by atomic mass is 10.3. The number of nitrogens with zero attached hydrogens (tertiary/aromatic N) is 2. The number of piperazine rings is 1. The van der Waals surface area contributed by atoms with E-state index in [-0.39, 0.29) is 0 Å². The van der Waals surface area contributed by atoms with Crippen molar-refractivity contribution in [2.24, 2.45) is 0 Å². The molecule has 4 heteroatoms. The second-order valence-electron chi connectivity index (χ2n) is 3.28. The fourth-order valence-electron chi connectivity index (χ4n) is 1.58. The normalized spacial score (nSPS) is 16.7. The molecule has 0 aliphatic carbocycles. The van der Waals surface area contributed by atoms with Gasteiger partial charge in [0.2, 0.25) is 0 Å². The van der Waals surface area contributed by atoms with Crippen LogP contribution in [0.25, 0.3) is 0 Å². The minimum absolute atomic E-state index is 0.501. The average molecular weight is 191 g/mol. The lowest BCUT2D eigenvalue weighted by Crippen LogP contribution is -2.43. The lowest BCUT2D eigenvalue weighted by Gasteiger charge is -2.28. The number of pyridine rings is 1. The fraction of sp³-hybridized carbons (Fsp3) is 0.400. The molecule has 1 N–H and O–H groups in total. The Morgan fingerprint density at radius 2 is 2.14 bits per heavy atom. The summed E-state index contributed by atoms with van der Waals surface area (Å²) in [6.45, 7) is 3.87. The van der Waals surface area contributed by atoms with Gasteiger partial charge in [-0.05, 0) is 12.1 Å². The summed E-state index contributed by atoms with van der Waals surface area (Å²) >= 11 is 0. The predicted octanol–water partition coefficient (Wildman–Crippen LogP) is 0.304. The van der Waals surface area contributed by atoms with Gasteiger partial charge in [-0.25, -0.2) is 4.98 Å². The number of anilines is 1. The van der Waals surface area contributed by atoms with E-state index in [1.54, 1.807) is 6.07 Å². The zero-order chi connectivity index (χ0) is 9.80. The first-order valence-electron chi connectivity index (χ1n) is 4.78. The monoisotopic (exact) mass is 191 g/mol. The molecule has 1 fully saturated rings. The minimum atomic E-state index is 0.501. The van der Waals surface area contributed by atoms with Crippen LogP contribution in [0.5, 0.6) is 0 Å². The molecule has 1 saturated heterocycles. The molecule has 0 amide bonds. The van der Waals surface area contributed by atoms with Gasteiger partial charge in [0.15, 0.2) is 6.29 Å². The number of hydrogen-bond donors (Lipinski definition) is 1. The SMILES string of the molecule is O=Cc1cccc(N2CCNCC2)n1. The molecule has 1 aliphatic heterocycles. The Balaban J connectivity index is 2.17. The van der Waals surface area contributed by atoms with E-state index < -0.39 is 0 Å². The Kier molecular flexibility index (Phi) is 2.74. The van der Waals surface area contributed by atoms with Gasteiger partial charge >= 0.3 is 0 Å². The molecule has 14 heavy (non-hydrogen) atoms. The van der Waals surface area contributed by atoms with E-state index in [1.165, 1.54) is 0 Å². The van der Waals surface area contributed by atoms with E-state index in [9.17, 15) is 4.79 Å². The molecule has 4 nitrogen and oxygen atoms in total. The molecule has 0 aromatic carbocycles. The van der Waals surface area contributed by atoms with Crippen LogP contribution in [0.4, 0.5) is 5.82 Å². The van der Waals surface area contributed by atoms with E-state index in [1.807, 2.05) is 12.1 Å². The maximum atomic E-state index is 10.5. The summed E-state index contributed by atoms with van der Waals surface area (Å²) in [7, 11) is 0. The number of aldehydes is 1. The van der Waals surface area contributed by atoms with Gasteiger partial charge in [-0.1, -0.05) is 6.07 Å². The number of aromatic nitrogens is 1. The van der Waals surface area contributed by atoms with Crippen molar-refractivity contribution in [1.82, 2.24) is 10.3 Å². The van der Waals surface area contributed by atoms with E-state index in [0.29, 0.717) is 5.69 Å². The van der Waals surface area contributed by atoms with Crippen molar-refractivity contribution in [2.45, 2.75) is 0 Å². The first kappa shape index (κ1) is 9.15. The van der Waals surface area contributed by atoms with Crippen LogP contribution in [0.3, 0.4) is 0 Å². The van der Waals surface area contributed by atoms with E-state index in [4.69, 9.17) is 0 Å². The molecular weight excluding hydrogens is 178 g/mol. The van der Waals surface area contributed by atoms with E-state index in [2.05, 4.69) is 15.2 Å². The molecule has 0 atom stereocenters. The summed E-state index contributed by atoms with van der Waals surface area (Å²) in [5.74, 6) is 0.899. The molecule has 74 valence electrons. The van der Waals surface area contributed by atoms with Gasteiger partial charge in [0.25, 0.3) is 0 Å². The van der Waals surface area contributed by atoms with Crippen molar-refractivity contribution in [3.8, 4) is 0 Å². The highest BCUT2D eigenvalue weighted by molar-refractivity contribution is 5.72. The van der Waals surface area contributed by atoms with Gasteiger partial charge < -0.3 is 10.2 Å². The molecule has 0 spiro atoms. The quantitative estimate of drug-likeness (QED) is 0.683. The van der Waals surface area contributed by atoms with Crippen molar-refractivity contribution in [2.75, 3.05) is 31.1 Å². The van der Waals surface area contributed by atoms with Gasteiger partial charge in [0.1, 0.15) is 11.5 Å². The molecule has 0 unspecified atom stereocenters. The van der Waals surface area contributed by atoms with Crippen LogP contribution in [0, 0.1) is 0 Å². The lowest BCUT2D eigenvalue weighted by molar-refractivity contribution is 0.111. The van der Waals surface area contributed by atoms with Crippen molar-refractivity contribution in [3.63, 3.8) is 0 Å². The van der Waals surface area contributed by atoms with Crippen LogP contribution >= 0.6 is 0 Å². The molecule has 2 rings (SSSR count). The van der Waals surface area contributed by atoms with Gasteiger partial charge in [-0.2, -0.15) is 0 Å². The fourth-order valence-corrected chi connectivity index (χ4v) is 1.58. The van der Waals surface area contributed by atoms with Crippen LogP contribution in [-0.2, 0) is 0 Å². The topological polar surface area (TPSA) is 45.2 Å². The van der Waals surface area contributed by atoms with Crippen molar-refractivity contribution >= 4 is 12.1 Å². The van der Waals surface area contributed by atoms with Crippen LogP contribution < -0.4 is 10.2 Å². The van der Waals surface area contributed by atoms with Gasteiger partial charge in [0, 0.05) is 26.2 Å². The molecular formula is C10H13N3O. The number of hydrogen-bond acceptors (Lipinski definition) is 4. The number of carbonyl (C=O) groups is 1. The highest BCUT2D eigenvalue weighted by Crippen LogP contribution is 2.10. The highest BCUT2D eigenvalue weighted by atomic mass is 16.1. The Labute approximate surface area is 82.9 Å². The first-order chi connectivity index (χ1) is 6.90. The van der Waals surface area contributed by atoms with Crippen molar-refractivity contribution in [3.05, 3.63) is 23.9 Å². The first-order valence-corrected chi connectivity index (χ1v) is 4.78. The molecule has 0 bridgehead atoms. The molecule has 0 radical (unpaired) electrons. The van der Waals surface area contributed by atoms with Gasteiger partial charge in [0.05, 0.1) is 0 Å². The largest absolute Gasteiger partial charge is 0.354 e. The van der Waals surface area contributed by atoms with E-state index in [0.717, 1.165) is 38.3 Å². The second-order valence-corrected chi connectivity index (χ2v) is 3.28. The highest BCUT2D eigenvalue weighted by Gasteiger charge is 2.11. The summed E-state index contributed by atoms with van der Waals surface area (Å²) < 4.78 is 0. The number of nitrogens with one attached hydrogen (secondary N) is 1. The van der Waals surface area contributed by atoms with Gasteiger partial charge in [-0.15, -0.1) is 0 Å². The summed E-state index contributed by atoms with van der Waals surface area (Å²) in [5, 5.41) is 3.27. The third-order valence-corrected chi connectivity index (χ3v) is 2.32. The summed E-state index contributed by atoms with van der Waals surface area (Å²) in [6.07, 6.45) is 0.783. The number of rotatable bonds is 2.